The summed E-state index contributed by atoms with van der Waals surface area (Å²) in [6, 6.07) is 5.48. The molecule has 0 spiro atoms. The maximum absolute atomic E-state index is 11.6. The summed E-state index contributed by atoms with van der Waals surface area (Å²) in [6.07, 6.45) is 0. The lowest BCUT2D eigenvalue weighted by molar-refractivity contribution is 0.0991. The number of amides is 2. The summed E-state index contributed by atoms with van der Waals surface area (Å²) in [7, 11) is 4.17. The largest absolute Gasteiger partial charge is 0.504 e. The van der Waals surface area contributed by atoms with Crippen LogP contribution in [0.25, 0.3) is 11.1 Å². The summed E-state index contributed by atoms with van der Waals surface area (Å²) in [5, 5.41) is 10.2. The Balaban J connectivity index is 2.91. The molecule has 0 unspecified atom stereocenters. The highest BCUT2D eigenvalue weighted by Gasteiger charge is 2.22. The summed E-state index contributed by atoms with van der Waals surface area (Å²) in [5.74, 6) is -1.12. The Morgan fingerprint density at radius 2 is 1.28 bits per heavy atom. The van der Waals surface area contributed by atoms with Gasteiger partial charge in [-0.1, -0.05) is 0 Å². The molecule has 0 aliphatic carbocycles. The zero-order chi connectivity index (χ0) is 18.7. The molecule has 0 radical (unpaired) electrons. The number of hydrogen-bond donors (Lipinski definition) is 3. The molecule has 0 saturated carbocycles. The second kappa shape index (κ2) is 7.00. The summed E-state index contributed by atoms with van der Waals surface area (Å²) in [6.45, 7) is 0. The van der Waals surface area contributed by atoms with Gasteiger partial charge in [0.1, 0.15) is 0 Å². The van der Waals surface area contributed by atoms with Crippen LogP contribution in [-0.4, -0.2) is 38.3 Å². The minimum Gasteiger partial charge on any atom is -0.504 e. The molecule has 8 heteroatoms. The fraction of sp³-hybridized carbons (Fsp3) is 0.176. The van der Waals surface area contributed by atoms with Crippen LogP contribution >= 0.6 is 0 Å². The molecule has 0 heterocycles. The van der Waals surface area contributed by atoms with Crippen LogP contribution in [0.2, 0.25) is 0 Å². The van der Waals surface area contributed by atoms with Crippen LogP contribution < -0.4 is 25.7 Å². The number of aromatic hydroxyl groups is 1. The number of carbonyl (C=O) groups is 2. The molecular weight excluding hydrogens is 328 g/mol. The van der Waals surface area contributed by atoms with Crippen LogP contribution in [0.5, 0.6) is 23.0 Å². The Morgan fingerprint density at radius 1 is 0.800 bits per heavy atom. The van der Waals surface area contributed by atoms with E-state index in [9.17, 15) is 14.7 Å². The third-order valence-corrected chi connectivity index (χ3v) is 3.61. The van der Waals surface area contributed by atoms with Crippen molar-refractivity contribution in [3.63, 3.8) is 0 Å². The molecule has 0 atom stereocenters. The van der Waals surface area contributed by atoms with Crippen molar-refractivity contribution in [3.05, 3.63) is 35.4 Å². The SMILES string of the molecule is COc1cc(C(N)=O)cc(-c2cc(C(N)=O)cc(O)c2OC)c1OC. The fourth-order valence-electron chi connectivity index (χ4n) is 2.48. The topological polar surface area (TPSA) is 134 Å². The maximum Gasteiger partial charge on any atom is 0.248 e. The summed E-state index contributed by atoms with van der Waals surface area (Å²) in [5.41, 5.74) is 11.5. The van der Waals surface area contributed by atoms with Crippen molar-refractivity contribution in [2.75, 3.05) is 21.3 Å². The fourth-order valence-corrected chi connectivity index (χ4v) is 2.48. The van der Waals surface area contributed by atoms with E-state index in [1.807, 2.05) is 0 Å². The number of rotatable bonds is 6. The average molecular weight is 346 g/mol. The molecule has 0 aliphatic heterocycles. The molecule has 25 heavy (non-hydrogen) atoms. The first-order chi connectivity index (χ1) is 11.8. The smallest absolute Gasteiger partial charge is 0.248 e. The molecule has 5 N–H and O–H groups in total. The lowest BCUT2D eigenvalue weighted by Gasteiger charge is -2.17. The van der Waals surface area contributed by atoms with E-state index in [0.29, 0.717) is 5.56 Å². The molecule has 8 nitrogen and oxygen atoms in total. The number of carbonyl (C=O) groups excluding carboxylic acids is 2. The number of nitrogens with two attached hydrogens (primary N) is 2. The third-order valence-electron chi connectivity index (χ3n) is 3.61. The van der Waals surface area contributed by atoms with Crippen molar-refractivity contribution >= 4 is 11.8 Å². The van der Waals surface area contributed by atoms with E-state index in [4.69, 9.17) is 25.7 Å². The highest BCUT2D eigenvalue weighted by atomic mass is 16.5. The monoisotopic (exact) mass is 346 g/mol. The summed E-state index contributed by atoms with van der Waals surface area (Å²) >= 11 is 0. The zero-order valence-corrected chi connectivity index (χ0v) is 14.0. The molecule has 0 saturated heterocycles. The molecule has 0 fully saturated rings. The highest BCUT2D eigenvalue weighted by Crippen LogP contribution is 2.46. The van der Waals surface area contributed by atoms with Gasteiger partial charge < -0.3 is 30.8 Å². The van der Waals surface area contributed by atoms with Gasteiger partial charge in [0.25, 0.3) is 0 Å². The Kier molecular flexibility index (Phi) is 5.02. The number of phenols is 1. The van der Waals surface area contributed by atoms with Crippen molar-refractivity contribution < 1.29 is 28.9 Å². The van der Waals surface area contributed by atoms with Crippen molar-refractivity contribution in [2.45, 2.75) is 0 Å². The lowest BCUT2D eigenvalue weighted by Crippen LogP contribution is -2.12. The second-order valence-electron chi connectivity index (χ2n) is 5.06. The Bertz CT molecular complexity index is 848. The number of benzene rings is 2. The number of methoxy groups -OCH3 is 3. The molecule has 0 aromatic heterocycles. The quantitative estimate of drug-likeness (QED) is 0.721. The average Bonchev–Trinajstić information content (AvgIpc) is 2.59. The van der Waals surface area contributed by atoms with Gasteiger partial charge in [-0.3, -0.25) is 9.59 Å². The minimum atomic E-state index is -0.740. The van der Waals surface area contributed by atoms with E-state index in [1.165, 1.54) is 45.6 Å². The number of primary amides is 2. The highest BCUT2D eigenvalue weighted by molar-refractivity contribution is 5.99. The van der Waals surface area contributed by atoms with E-state index >= 15 is 0 Å². The first kappa shape index (κ1) is 17.9. The van der Waals surface area contributed by atoms with E-state index < -0.39 is 11.8 Å². The number of hydrogen-bond acceptors (Lipinski definition) is 6. The Labute approximate surface area is 143 Å². The van der Waals surface area contributed by atoms with Gasteiger partial charge in [-0.05, 0) is 24.3 Å². The molecule has 2 aromatic rings. The van der Waals surface area contributed by atoms with Crippen LogP contribution in [0.4, 0.5) is 0 Å². The van der Waals surface area contributed by atoms with E-state index in [-0.39, 0.29) is 39.7 Å². The lowest BCUT2D eigenvalue weighted by atomic mass is 9.97. The third kappa shape index (κ3) is 3.27. The Morgan fingerprint density at radius 3 is 1.72 bits per heavy atom. The zero-order valence-electron chi connectivity index (χ0n) is 14.0. The molecule has 0 aliphatic rings. The minimum absolute atomic E-state index is 0.0544. The van der Waals surface area contributed by atoms with Gasteiger partial charge in [-0.2, -0.15) is 0 Å². The van der Waals surface area contributed by atoms with Crippen molar-refractivity contribution in [3.8, 4) is 34.1 Å². The maximum atomic E-state index is 11.6. The van der Waals surface area contributed by atoms with Gasteiger partial charge in [0.2, 0.25) is 11.8 Å². The normalized spacial score (nSPS) is 10.2. The molecule has 2 aromatic carbocycles. The van der Waals surface area contributed by atoms with Gasteiger partial charge in [0.15, 0.2) is 23.0 Å². The van der Waals surface area contributed by atoms with Crippen molar-refractivity contribution in [2.24, 2.45) is 11.5 Å². The summed E-state index contributed by atoms with van der Waals surface area (Å²) in [4.78, 5) is 23.1. The molecule has 132 valence electrons. The second-order valence-corrected chi connectivity index (χ2v) is 5.06. The van der Waals surface area contributed by atoms with Gasteiger partial charge in [0, 0.05) is 22.3 Å². The van der Waals surface area contributed by atoms with Gasteiger partial charge in [-0.15, -0.1) is 0 Å². The predicted molar refractivity (Wildman–Crippen MR) is 90.2 cm³/mol. The Hall–Kier alpha value is -3.42. The molecular formula is C17H18N2O6. The number of phenolic OH excluding ortho intramolecular Hbond substituents is 1. The van der Waals surface area contributed by atoms with Crippen LogP contribution in [0.1, 0.15) is 20.7 Å². The number of ether oxygens (including phenoxy) is 3. The van der Waals surface area contributed by atoms with Crippen LogP contribution in [0.3, 0.4) is 0 Å². The molecule has 2 amide bonds. The van der Waals surface area contributed by atoms with Crippen LogP contribution in [0.15, 0.2) is 24.3 Å². The van der Waals surface area contributed by atoms with Crippen molar-refractivity contribution in [1.82, 2.24) is 0 Å². The van der Waals surface area contributed by atoms with Gasteiger partial charge in [0.05, 0.1) is 21.3 Å². The molecule has 0 bridgehead atoms. The molecule has 2 rings (SSSR count). The van der Waals surface area contributed by atoms with E-state index in [2.05, 4.69) is 0 Å². The van der Waals surface area contributed by atoms with E-state index in [0.717, 1.165) is 0 Å². The standard InChI is InChI=1S/C17H18N2O6/c1-23-13-7-9(17(19)22)5-11(15(13)25-3)10-4-8(16(18)21)6-12(20)14(10)24-2/h4-7,20H,1-3H3,(H2,18,21)(H2,19,22). The van der Waals surface area contributed by atoms with E-state index in [1.54, 1.807) is 0 Å². The van der Waals surface area contributed by atoms with Gasteiger partial charge >= 0.3 is 0 Å². The first-order valence-electron chi connectivity index (χ1n) is 7.11. The summed E-state index contributed by atoms with van der Waals surface area (Å²) < 4.78 is 15.8. The van der Waals surface area contributed by atoms with Crippen LogP contribution in [0, 0.1) is 0 Å². The van der Waals surface area contributed by atoms with Gasteiger partial charge in [-0.25, -0.2) is 0 Å². The predicted octanol–water partition coefficient (Wildman–Crippen LogP) is 1.28. The van der Waals surface area contributed by atoms with Crippen molar-refractivity contribution in [1.29, 1.82) is 0 Å². The van der Waals surface area contributed by atoms with Crippen LogP contribution in [-0.2, 0) is 0 Å². The first-order valence-corrected chi connectivity index (χ1v) is 7.11.